The van der Waals surface area contributed by atoms with Crippen molar-refractivity contribution in [1.82, 2.24) is 10.3 Å². The van der Waals surface area contributed by atoms with Crippen LogP contribution in [-0.4, -0.2) is 18.1 Å². The monoisotopic (exact) mass is 384 g/mol. The number of benzene rings is 1. The van der Waals surface area contributed by atoms with E-state index in [0.29, 0.717) is 5.92 Å². The van der Waals surface area contributed by atoms with Crippen molar-refractivity contribution in [2.45, 2.75) is 26.7 Å². The second-order valence-corrected chi connectivity index (χ2v) is 6.57. The van der Waals surface area contributed by atoms with Crippen molar-refractivity contribution in [2.24, 2.45) is 5.92 Å². The Morgan fingerprint density at radius 3 is 2.70 bits per heavy atom. The summed E-state index contributed by atoms with van der Waals surface area (Å²) in [7, 11) is 0. The summed E-state index contributed by atoms with van der Waals surface area (Å²) in [6, 6.07) is 8.29. The lowest BCUT2D eigenvalue weighted by atomic mass is 10.2. The van der Waals surface area contributed by atoms with Gasteiger partial charge in [0.1, 0.15) is 0 Å². The summed E-state index contributed by atoms with van der Waals surface area (Å²) in [6.07, 6.45) is 3.76. The lowest BCUT2D eigenvalue weighted by molar-refractivity contribution is 0.483. The minimum atomic E-state index is 0.698. The molecule has 1 N–H and O–H groups in total. The maximum Gasteiger partial charge on any atom is 0.194 e. The Morgan fingerprint density at radius 1 is 1.25 bits per heavy atom. The van der Waals surface area contributed by atoms with E-state index < -0.39 is 0 Å². The molecule has 0 saturated carbocycles. The molecule has 20 heavy (non-hydrogen) atoms. The number of halogens is 1. The molecule has 2 aromatic rings. The van der Waals surface area contributed by atoms with E-state index >= 15 is 0 Å². The first-order chi connectivity index (χ1) is 9.65. The predicted molar refractivity (Wildman–Crippen MR) is 90.7 cm³/mol. The van der Waals surface area contributed by atoms with E-state index in [4.69, 9.17) is 4.42 Å². The van der Waals surface area contributed by atoms with Crippen molar-refractivity contribution >= 4 is 22.6 Å². The Bertz CT molecular complexity index is 520. The van der Waals surface area contributed by atoms with Crippen molar-refractivity contribution in [1.29, 1.82) is 0 Å². The summed E-state index contributed by atoms with van der Waals surface area (Å²) < 4.78 is 7.02. The minimum Gasteiger partial charge on any atom is -0.441 e. The van der Waals surface area contributed by atoms with Gasteiger partial charge in [0.2, 0.25) is 0 Å². The van der Waals surface area contributed by atoms with Crippen LogP contribution in [0.5, 0.6) is 0 Å². The lowest BCUT2D eigenvalue weighted by Crippen LogP contribution is -2.21. The Morgan fingerprint density at radius 2 is 2.00 bits per heavy atom. The van der Waals surface area contributed by atoms with Crippen molar-refractivity contribution in [3.8, 4) is 11.3 Å². The second-order valence-electron chi connectivity index (χ2n) is 5.33. The summed E-state index contributed by atoms with van der Waals surface area (Å²) >= 11 is 2.30. The van der Waals surface area contributed by atoms with Gasteiger partial charge >= 0.3 is 0 Å². The summed E-state index contributed by atoms with van der Waals surface area (Å²) in [6.45, 7) is 6.52. The van der Waals surface area contributed by atoms with E-state index in [2.05, 4.69) is 71.0 Å². The average Bonchev–Trinajstić information content (AvgIpc) is 2.87. The summed E-state index contributed by atoms with van der Waals surface area (Å²) in [5.74, 6) is 2.38. The number of nitrogens with one attached hydrogen (secondary N) is 1. The van der Waals surface area contributed by atoms with Gasteiger partial charge in [0.05, 0.1) is 6.20 Å². The first-order valence-corrected chi connectivity index (χ1v) is 8.14. The fourth-order valence-electron chi connectivity index (χ4n) is 1.93. The molecule has 4 heteroatoms. The van der Waals surface area contributed by atoms with Crippen LogP contribution in [-0.2, 0) is 6.42 Å². The van der Waals surface area contributed by atoms with E-state index in [0.717, 1.165) is 43.1 Å². The molecule has 0 saturated heterocycles. The smallest absolute Gasteiger partial charge is 0.194 e. The molecule has 0 unspecified atom stereocenters. The highest BCUT2D eigenvalue weighted by atomic mass is 127. The van der Waals surface area contributed by atoms with Crippen molar-refractivity contribution < 1.29 is 4.42 Å². The van der Waals surface area contributed by atoms with Crippen LogP contribution in [0.3, 0.4) is 0 Å². The molecule has 2 rings (SSSR count). The second kappa shape index (κ2) is 7.78. The third kappa shape index (κ3) is 4.90. The standard InChI is InChI=1S/C16H21IN2O/c1-12(2)10-18-9-3-4-16-19-11-15(20-16)13-5-7-14(17)8-6-13/h5-8,11-12,18H,3-4,9-10H2,1-2H3. The molecule has 108 valence electrons. The Balaban J connectivity index is 1.82. The zero-order chi connectivity index (χ0) is 14.4. The number of hydrogen-bond donors (Lipinski definition) is 1. The fraction of sp³-hybridized carbons (Fsp3) is 0.438. The SMILES string of the molecule is CC(C)CNCCCc1ncc(-c2ccc(I)cc2)o1. The number of aromatic nitrogens is 1. The van der Waals surface area contributed by atoms with Gasteiger partial charge < -0.3 is 9.73 Å². The van der Waals surface area contributed by atoms with Gasteiger partial charge in [-0.05, 0) is 60.2 Å². The van der Waals surface area contributed by atoms with Crippen LogP contribution in [0.25, 0.3) is 11.3 Å². The number of rotatable bonds is 7. The van der Waals surface area contributed by atoms with Gasteiger partial charge in [0, 0.05) is 15.6 Å². The Hall–Kier alpha value is -0.880. The van der Waals surface area contributed by atoms with E-state index in [1.165, 1.54) is 3.57 Å². The van der Waals surface area contributed by atoms with Gasteiger partial charge in [-0.2, -0.15) is 0 Å². The Kier molecular flexibility index (Phi) is 6.04. The topological polar surface area (TPSA) is 38.1 Å². The molecule has 0 fully saturated rings. The summed E-state index contributed by atoms with van der Waals surface area (Å²) in [4.78, 5) is 4.35. The highest BCUT2D eigenvalue weighted by Crippen LogP contribution is 2.21. The van der Waals surface area contributed by atoms with Gasteiger partial charge in [-0.1, -0.05) is 26.0 Å². The van der Waals surface area contributed by atoms with Crippen LogP contribution < -0.4 is 5.32 Å². The van der Waals surface area contributed by atoms with Gasteiger partial charge in [-0.15, -0.1) is 0 Å². The first-order valence-electron chi connectivity index (χ1n) is 7.06. The molecule has 0 spiro atoms. The van der Waals surface area contributed by atoms with Crippen LogP contribution in [0.4, 0.5) is 0 Å². The van der Waals surface area contributed by atoms with E-state index in [9.17, 15) is 0 Å². The maximum absolute atomic E-state index is 5.80. The predicted octanol–water partition coefficient (Wildman–Crippen LogP) is 4.12. The van der Waals surface area contributed by atoms with Gasteiger partial charge in [-0.3, -0.25) is 0 Å². The fourth-order valence-corrected chi connectivity index (χ4v) is 2.29. The molecule has 1 aromatic carbocycles. The van der Waals surface area contributed by atoms with Crippen molar-refractivity contribution in [3.63, 3.8) is 0 Å². The highest BCUT2D eigenvalue weighted by Gasteiger charge is 2.06. The van der Waals surface area contributed by atoms with Gasteiger partial charge in [0.15, 0.2) is 11.7 Å². The molecular formula is C16H21IN2O. The van der Waals surface area contributed by atoms with Crippen molar-refractivity contribution in [2.75, 3.05) is 13.1 Å². The molecule has 0 amide bonds. The average molecular weight is 384 g/mol. The zero-order valence-corrected chi connectivity index (χ0v) is 14.2. The van der Waals surface area contributed by atoms with Crippen LogP contribution >= 0.6 is 22.6 Å². The number of aryl methyl sites for hydroxylation is 1. The summed E-state index contributed by atoms with van der Waals surface area (Å²) in [5.41, 5.74) is 1.09. The molecule has 0 atom stereocenters. The molecule has 0 radical (unpaired) electrons. The van der Waals surface area contributed by atoms with Gasteiger partial charge in [0.25, 0.3) is 0 Å². The minimum absolute atomic E-state index is 0.698. The molecule has 3 nitrogen and oxygen atoms in total. The third-order valence-electron chi connectivity index (χ3n) is 2.98. The third-order valence-corrected chi connectivity index (χ3v) is 3.70. The molecule has 0 aliphatic rings. The number of oxazole rings is 1. The molecule has 0 bridgehead atoms. The largest absolute Gasteiger partial charge is 0.441 e. The quantitative estimate of drug-likeness (QED) is 0.577. The normalized spacial score (nSPS) is 11.2. The Labute approximate surface area is 134 Å². The maximum atomic E-state index is 5.80. The number of nitrogens with zero attached hydrogens (tertiary/aromatic N) is 1. The van der Waals surface area contributed by atoms with E-state index in [1.54, 1.807) is 0 Å². The van der Waals surface area contributed by atoms with Gasteiger partial charge in [-0.25, -0.2) is 4.98 Å². The summed E-state index contributed by atoms with van der Waals surface area (Å²) in [5, 5.41) is 3.43. The van der Waals surface area contributed by atoms with Crippen molar-refractivity contribution in [3.05, 3.63) is 39.9 Å². The van der Waals surface area contributed by atoms with E-state index in [1.807, 2.05) is 6.20 Å². The molecule has 1 aromatic heterocycles. The first kappa shape index (κ1) is 15.5. The van der Waals surface area contributed by atoms with E-state index in [-0.39, 0.29) is 0 Å². The van der Waals surface area contributed by atoms with Crippen LogP contribution in [0.2, 0.25) is 0 Å². The lowest BCUT2D eigenvalue weighted by Gasteiger charge is -2.05. The van der Waals surface area contributed by atoms with Crippen LogP contribution in [0.15, 0.2) is 34.9 Å². The van der Waals surface area contributed by atoms with Crippen LogP contribution in [0.1, 0.15) is 26.2 Å². The molecule has 1 heterocycles. The molecule has 0 aliphatic carbocycles. The molecular weight excluding hydrogens is 363 g/mol. The van der Waals surface area contributed by atoms with Crippen LogP contribution in [0, 0.1) is 9.49 Å². The zero-order valence-electron chi connectivity index (χ0n) is 12.0. The number of hydrogen-bond acceptors (Lipinski definition) is 3. The molecule has 0 aliphatic heterocycles. The highest BCUT2D eigenvalue weighted by molar-refractivity contribution is 14.1.